The number of alkyl carbamates (subject to hydrolysis) is 1. The van der Waals surface area contributed by atoms with E-state index in [4.69, 9.17) is 9.47 Å². The topological polar surface area (TPSA) is 110 Å². The van der Waals surface area contributed by atoms with Crippen LogP contribution < -0.4 is 10.9 Å². The number of methoxy groups -OCH3 is 1. The van der Waals surface area contributed by atoms with Crippen LogP contribution in [-0.2, 0) is 27.1 Å². The molecule has 1 aromatic carbocycles. The van der Waals surface area contributed by atoms with Crippen molar-refractivity contribution in [1.82, 2.24) is 15.3 Å². The summed E-state index contributed by atoms with van der Waals surface area (Å²) in [5, 5.41) is 2.56. The molecule has 8 nitrogen and oxygen atoms in total. The van der Waals surface area contributed by atoms with E-state index in [1.54, 1.807) is 33.2 Å². The molecule has 1 unspecified atom stereocenters. The van der Waals surface area contributed by atoms with Crippen LogP contribution in [-0.4, -0.2) is 34.7 Å². The van der Waals surface area contributed by atoms with Crippen LogP contribution in [0.2, 0.25) is 0 Å². The maximum atomic E-state index is 12.3. The Kier molecular flexibility index (Phi) is 7.83. The second kappa shape index (κ2) is 10.8. The second-order valence-electron chi connectivity index (χ2n) is 8.92. The molecule has 0 saturated heterocycles. The zero-order chi connectivity index (χ0) is 24.7. The number of amides is 1. The lowest BCUT2D eigenvalue weighted by molar-refractivity contribution is -0.143. The Labute approximate surface area is 198 Å². The lowest BCUT2D eigenvalue weighted by Gasteiger charge is -2.22. The number of hydrogen-bond acceptors (Lipinski definition) is 6. The maximum Gasteiger partial charge on any atom is 0.408 e. The molecule has 0 saturated carbocycles. The first-order valence-electron chi connectivity index (χ1n) is 10.9. The number of hydrogen-bond donors (Lipinski definition) is 2. The highest BCUT2D eigenvalue weighted by Gasteiger charge is 2.27. The largest absolute Gasteiger partial charge is 0.467 e. The van der Waals surface area contributed by atoms with E-state index in [0.717, 1.165) is 16.7 Å². The molecule has 0 fully saturated rings. The van der Waals surface area contributed by atoms with Gasteiger partial charge in [0.2, 0.25) is 0 Å². The van der Waals surface area contributed by atoms with Gasteiger partial charge < -0.3 is 19.8 Å². The van der Waals surface area contributed by atoms with Crippen LogP contribution in [0, 0.1) is 0 Å². The first kappa shape index (κ1) is 24.7. The summed E-state index contributed by atoms with van der Waals surface area (Å²) in [6, 6.07) is 12.4. The van der Waals surface area contributed by atoms with Gasteiger partial charge in [0.25, 0.3) is 5.56 Å². The van der Waals surface area contributed by atoms with Crippen molar-refractivity contribution in [1.29, 1.82) is 0 Å². The van der Waals surface area contributed by atoms with Gasteiger partial charge in [0, 0.05) is 36.1 Å². The molecule has 34 heavy (non-hydrogen) atoms. The monoisotopic (exact) mass is 463 g/mol. The first-order chi connectivity index (χ1) is 16.1. The number of aromatic nitrogens is 2. The summed E-state index contributed by atoms with van der Waals surface area (Å²) < 4.78 is 10.1. The van der Waals surface area contributed by atoms with Gasteiger partial charge in [0.1, 0.15) is 5.60 Å². The maximum absolute atomic E-state index is 12.3. The molecule has 0 aliphatic rings. The molecule has 0 spiro atoms. The fraction of sp³-hybridized carbons (Fsp3) is 0.308. The van der Waals surface area contributed by atoms with Crippen LogP contribution >= 0.6 is 0 Å². The van der Waals surface area contributed by atoms with Crippen LogP contribution in [0.5, 0.6) is 0 Å². The molecule has 1 amide bonds. The number of nitrogens with one attached hydrogen (secondary N) is 2. The van der Waals surface area contributed by atoms with Crippen molar-refractivity contribution >= 4 is 12.1 Å². The molecule has 2 aromatic heterocycles. The van der Waals surface area contributed by atoms with Gasteiger partial charge >= 0.3 is 12.1 Å². The summed E-state index contributed by atoms with van der Waals surface area (Å²) in [4.78, 5) is 43.4. The fourth-order valence-electron chi connectivity index (χ4n) is 3.41. The zero-order valence-electron chi connectivity index (χ0n) is 19.8. The molecule has 3 rings (SSSR count). The highest BCUT2D eigenvalue weighted by atomic mass is 16.6. The minimum atomic E-state index is -1.04. The van der Waals surface area contributed by atoms with Gasteiger partial charge in [-0.25, -0.2) is 9.59 Å². The van der Waals surface area contributed by atoms with E-state index in [2.05, 4.69) is 15.3 Å². The summed E-state index contributed by atoms with van der Waals surface area (Å²) in [5.41, 5.74) is 3.34. The average molecular weight is 464 g/mol. The predicted molar refractivity (Wildman–Crippen MR) is 127 cm³/mol. The zero-order valence-corrected chi connectivity index (χ0v) is 19.8. The Morgan fingerprint density at radius 3 is 2.32 bits per heavy atom. The van der Waals surface area contributed by atoms with Crippen LogP contribution in [0.25, 0.3) is 0 Å². The number of rotatable bonds is 7. The number of pyridine rings is 2. The van der Waals surface area contributed by atoms with Crippen LogP contribution in [0.1, 0.15) is 54.6 Å². The van der Waals surface area contributed by atoms with E-state index in [-0.39, 0.29) is 5.56 Å². The lowest BCUT2D eigenvalue weighted by Crippen LogP contribution is -2.38. The molecule has 8 heteroatoms. The summed E-state index contributed by atoms with van der Waals surface area (Å²) >= 11 is 0. The third-order valence-electron chi connectivity index (χ3n) is 4.97. The van der Waals surface area contributed by atoms with Gasteiger partial charge in [-0.05, 0) is 56.0 Å². The number of ether oxygens (including phenoxy) is 2. The highest BCUT2D eigenvalue weighted by molar-refractivity contribution is 5.82. The number of benzene rings is 1. The van der Waals surface area contributed by atoms with Gasteiger partial charge in [-0.3, -0.25) is 9.78 Å². The van der Waals surface area contributed by atoms with Crippen molar-refractivity contribution in [2.75, 3.05) is 7.11 Å². The number of aromatic amines is 1. The second-order valence-corrected chi connectivity index (χ2v) is 8.92. The molecular formula is C26H29N3O5. The Morgan fingerprint density at radius 1 is 1.03 bits per heavy atom. The normalized spacial score (nSPS) is 12.0. The minimum absolute atomic E-state index is 0.0883. The number of H-pyrrole nitrogens is 1. The third kappa shape index (κ3) is 7.03. The van der Waals surface area contributed by atoms with Crippen LogP contribution in [0.4, 0.5) is 4.79 Å². The van der Waals surface area contributed by atoms with Gasteiger partial charge in [-0.1, -0.05) is 30.3 Å². The third-order valence-corrected chi connectivity index (χ3v) is 4.97. The predicted octanol–water partition coefficient (Wildman–Crippen LogP) is 3.69. The molecule has 2 heterocycles. The molecule has 3 aromatic rings. The number of carbonyl (C=O) groups is 2. The van der Waals surface area contributed by atoms with Gasteiger partial charge in [0.05, 0.1) is 7.11 Å². The molecule has 178 valence electrons. The van der Waals surface area contributed by atoms with Crippen LogP contribution in [0.3, 0.4) is 0 Å². The fourth-order valence-corrected chi connectivity index (χ4v) is 3.41. The number of nitrogens with zero attached hydrogens (tertiary/aromatic N) is 1. The van der Waals surface area contributed by atoms with Crippen LogP contribution in [0.15, 0.2) is 65.8 Å². The van der Waals surface area contributed by atoms with E-state index < -0.39 is 23.7 Å². The van der Waals surface area contributed by atoms with E-state index in [0.29, 0.717) is 24.0 Å². The van der Waals surface area contributed by atoms with Gasteiger partial charge in [0.15, 0.2) is 6.04 Å². The van der Waals surface area contributed by atoms with Crippen molar-refractivity contribution in [3.63, 3.8) is 0 Å². The summed E-state index contributed by atoms with van der Waals surface area (Å²) in [7, 11) is 1.26. The molecule has 2 N–H and O–H groups in total. The molecule has 0 aliphatic heterocycles. The smallest absolute Gasteiger partial charge is 0.408 e. The average Bonchev–Trinajstić information content (AvgIpc) is 2.79. The summed E-state index contributed by atoms with van der Waals surface area (Å²) in [5.74, 6) is -0.620. The van der Waals surface area contributed by atoms with Crippen molar-refractivity contribution in [3.05, 3.63) is 99.2 Å². The first-order valence-corrected chi connectivity index (χ1v) is 10.9. The summed E-state index contributed by atoms with van der Waals surface area (Å²) in [6.45, 7) is 5.22. The lowest BCUT2D eigenvalue weighted by atomic mass is 10.00. The molecule has 0 radical (unpaired) electrons. The van der Waals surface area contributed by atoms with Gasteiger partial charge in [-0.2, -0.15) is 0 Å². The van der Waals surface area contributed by atoms with E-state index in [1.807, 2.05) is 42.5 Å². The van der Waals surface area contributed by atoms with Gasteiger partial charge in [-0.15, -0.1) is 0 Å². The number of esters is 1. The Hall–Kier alpha value is -3.94. The Bertz CT molecular complexity index is 1200. The SMILES string of the molecule is COC(=O)C(NC(=O)OC(C)(C)C)c1cncc(Cc2ccc(Cc3ccc[nH]c3=O)cc2)c1. The van der Waals surface area contributed by atoms with Crippen molar-refractivity contribution in [2.45, 2.75) is 45.3 Å². The molecular weight excluding hydrogens is 434 g/mol. The molecule has 1 atom stereocenters. The van der Waals surface area contributed by atoms with E-state index in [1.165, 1.54) is 13.3 Å². The summed E-state index contributed by atoms with van der Waals surface area (Å²) in [6.07, 6.45) is 5.25. The van der Waals surface area contributed by atoms with E-state index >= 15 is 0 Å². The Balaban J connectivity index is 1.73. The highest BCUT2D eigenvalue weighted by Crippen LogP contribution is 2.19. The van der Waals surface area contributed by atoms with E-state index in [9.17, 15) is 14.4 Å². The standard InChI is InChI=1S/C26H29N3O5/c1-26(2,3)34-25(32)29-22(24(31)33-4)21-14-19(15-27-16-21)12-17-7-9-18(10-8-17)13-20-6-5-11-28-23(20)30/h5-11,14-16,22H,12-13H2,1-4H3,(H,28,30)(H,29,32). The van der Waals surface area contributed by atoms with Crippen molar-refractivity contribution < 1.29 is 19.1 Å². The Morgan fingerprint density at radius 2 is 1.71 bits per heavy atom. The molecule has 0 aliphatic carbocycles. The van der Waals surface area contributed by atoms with Crippen molar-refractivity contribution in [3.8, 4) is 0 Å². The minimum Gasteiger partial charge on any atom is -0.467 e. The number of carbonyl (C=O) groups excluding carboxylic acids is 2. The quantitative estimate of drug-likeness (QED) is 0.517. The van der Waals surface area contributed by atoms with Crippen molar-refractivity contribution in [2.24, 2.45) is 0 Å². The molecule has 0 bridgehead atoms.